The Morgan fingerprint density at radius 3 is 3.00 bits per heavy atom. The van der Waals surface area contributed by atoms with Crippen LogP contribution in [-0.4, -0.2) is 36.8 Å². The fraction of sp³-hybridized carbons (Fsp3) is 0.118. The van der Waals surface area contributed by atoms with E-state index in [1.807, 2.05) is 24.3 Å². The largest absolute Gasteiger partial charge is 0.324 e. The van der Waals surface area contributed by atoms with Gasteiger partial charge in [-0.1, -0.05) is 12.1 Å². The van der Waals surface area contributed by atoms with Gasteiger partial charge in [0.15, 0.2) is 5.82 Å². The molecule has 1 aliphatic rings. The van der Waals surface area contributed by atoms with Gasteiger partial charge in [-0.15, -0.1) is 11.8 Å². The molecule has 4 rings (SSSR count). The van der Waals surface area contributed by atoms with Crippen molar-refractivity contribution in [3.8, 4) is 5.82 Å². The van der Waals surface area contributed by atoms with Crippen LogP contribution in [0.15, 0.2) is 60.1 Å². The van der Waals surface area contributed by atoms with E-state index in [9.17, 15) is 9.59 Å². The number of anilines is 2. The Bertz CT molecular complexity index is 959. The Hall–Kier alpha value is -3.20. The van der Waals surface area contributed by atoms with Crippen LogP contribution in [0.1, 0.15) is 6.42 Å². The van der Waals surface area contributed by atoms with Gasteiger partial charge in [-0.25, -0.2) is 14.6 Å². The van der Waals surface area contributed by atoms with Gasteiger partial charge in [-0.3, -0.25) is 9.59 Å². The summed E-state index contributed by atoms with van der Waals surface area (Å²) in [5, 5.41) is 9.19. The minimum atomic E-state index is -0.489. The van der Waals surface area contributed by atoms with Crippen molar-refractivity contribution in [2.24, 2.45) is 0 Å². The molecule has 2 aromatic heterocycles. The van der Waals surface area contributed by atoms with Gasteiger partial charge in [0, 0.05) is 17.5 Å². The van der Waals surface area contributed by atoms with Crippen LogP contribution in [0, 0.1) is 0 Å². The van der Waals surface area contributed by atoms with Crippen LogP contribution in [0.25, 0.3) is 5.82 Å². The number of thioether (sulfide) groups is 1. The van der Waals surface area contributed by atoms with Crippen LogP contribution < -0.4 is 10.6 Å². The molecule has 2 N–H and O–H groups in total. The predicted octanol–water partition coefficient (Wildman–Crippen LogP) is 2.10. The molecule has 8 nitrogen and oxygen atoms in total. The maximum absolute atomic E-state index is 12.5. The number of hydrogen-bond donors (Lipinski definition) is 2. The standard InChI is InChI=1S/C17H14N6O2S/c24-15(8-14-17(25)22-11-4-1-2-6-13(11)26-14)21-12-5-3-7-19-16(12)23-10-18-9-20-23/h1-7,9-10,14H,8H2,(H,21,24)(H,22,25). The molecular formula is C17H14N6O2S. The first kappa shape index (κ1) is 16.3. The zero-order chi connectivity index (χ0) is 17.9. The molecule has 0 bridgehead atoms. The number of para-hydroxylation sites is 1. The average Bonchev–Trinajstić information content (AvgIpc) is 3.17. The third-order valence-electron chi connectivity index (χ3n) is 3.77. The van der Waals surface area contributed by atoms with Crippen molar-refractivity contribution in [1.29, 1.82) is 0 Å². The molecule has 3 aromatic rings. The Balaban J connectivity index is 1.48. The van der Waals surface area contributed by atoms with E-state index < -0.39 is 5.25 Å². The summed E-state index contributed by atoms with van der Waals surface area (Å²) in [5.41, 5.74) is 1.28. The van der Waals surface area contributed by atoms with E-state index in [4.69, 9.17) is 0 Å². The van der Waals surface area contributed by atoms with Gasteiger partial charge in [0.1, 0.15) is 12.7 Å². The minimum Gasteiger partial charge on any atom is -0.324 e. The lowest BCUT2D eigenvalue weighted by molar-refractivity contribution is -0.120. The second-order valence-electron chi connectivity index (χ2n) is 5.56. The third kappa shape index (κ3) is 3.29. The lowest BCUT2D eigenvalue weighted by Crippen LogP contribution is -2.32. The minimum absolute atomic E-state index is 0.0521. The van der Waals surface area contributed by atoms with E-state index in [0.29, 0.717) is 11.5 Å². The molecule has 9 heteroatoms. The topological polar surface area (TPSA) is 102 Å². The molecule has 1 unspecified atom stereocenters. The first-order valence-corrected chi connectivity index (χ1v) is 8.75. The van der Waals surface area contributed by atoms with Crippen LogP contribution in [0.5, 0.6) is 0 Å². The maximum Gasteiger partial charge on any atom is 0.238 e. The molecule has 0 saturated carbocycles. The molecule has 0 radical (unpaired) electrons. The Labute approximate surface area is 153 Å². The Morgan fingerprint density at radius 2 is 2.15 bits per heavy atom. The van der Waals surface area contributed by atoms with E-state index in [1.54, 1.807) is 18.3 Å². The lowest BCUT2D eigenvalue weighted by Gasteiger charge is -2.23. The predicted molar refractivity (Wildman–Crippen MR) is 97.1 cm³/mol. The summed E-state index contributed by atoms with van der Waals surface area (Å²) in [6, 6.07) is 11.0. The van der Waals surface area contributed by atoms with Crippen molar-refractivity contribution < 1.29 is 9.59 Å². The molecule has 26 heavy (non-hydrogen) atoms. The van der Waals surface area contributed by atoms with Crippen LogP contribution in [0.2, 0.25) is 0 Å². The number of aromatic nitrogens is 4. The first-order chi connectivity index (χ1) is 12.7. The van der Waals surface area contributed by atoms with Crippen LogP contribution in [0.3, 0.4) is 0 Å². The zero-order valence-electron chi connectivity index (χ0n) is 13.5. The summed E-state index contributed by atoms with van der Waals surface area (Å²) in [7, 11) is 0. The summed E-state index contributed by atoms with van der Waals surface area (Å²) in [6.45, 7) is 0. The number of nitrogens with zero attached hydrogens (tertiary/aromatic N) is 4. The third-order valence-corrected chi connectivity index (χ3v) is 5.05. The highest BCUT2D eigenvalue weighted by Gasteiger charge is 2.29. The molecule has 0 fully saturated rings. The van der Waals surface area contributed by atoms with Crippen molar-refractivity contribution in [3.63, 3.8) is 0 Å². The van der Waals surface area contributed by atoms with E-state index in [0.717, 1.165) is 10.6 Å². The van der Waals surface area contributed by atoms with E-state index in [-0.39, 0.29) is 18.2 Å². The maximum atomic E-state index is 12.5. The molecule has 2 amide bonds. The summed E-state index contributed by atoms with van der Waals surface area (Å²) in [5.74, 6) is 0.0161. The summed E-state index contributed by atoms with van der Waals surface area (Å²) in [6.07, 6.45) is 4.55. The van der Waals surface area contributed by atoms with Gasteiger partial charge < -0.3 is 10.6 Å². The molecule has 130 valence electrons. The summed E-state index contributed by atoms with van der Waals surface area (Å²) in [4.78, 5) is 33.8. The molecule has 1 aliphatic heterocycles. The second kappa shape index (κ2) is 6.96. The first-order valence-electron chi connectivity index (χ1n) is 7.87. The molecule has 1 atom stereocenters. The van der Waals surface area contributed by atoms with Crippen molar-refractivity contribution in [3.05, 3.63) is 55.2 Å². The molecule has 3 heterocycles. The van der Waals surface area contributed by atoms with Crippen molar-refractivity contribution in [1.82, 2.24) is 19.7 Å². The number of fused-ring (bicyclic) bond motifs is 1. The van der Waals surface area contributed by atoms with Crippen LogP contribution in [0.4, 0.5) is 11.4 Å². The monoisotopic (exact) mass is 366 g/mol. The number of rotatable bonds is 4. The highest BCUT2D eigenvalue weighted by Crippen LogP contribution is 2.36. The number of nitrogens with one attached hydrogen (secondary N) is 2. The van der Waals surface area contributed by atoms with Crippen LogP contribution >= 0.6 is 11.8 Å². The molecule has 0 spiro atoms. The number of carbonyl (C=O) groups excluding carboxylic acids is 2. The summed E-state index contributed by atoms with van der Waals surface area (Å²) >= 11 is 1.39. The van der Waals surface area contributed by atoms with Gasteiger partial charge in [0.2, 0.25) is 11.8 Å². The van der Waals surface area contributed by atoms with Gasteiger partial charge in [0.05, 0.1) is 16.6 Å². The van der Waals surface area contributed by atoms with Gasteiger partial charge in [-0.05, 0) is 24.3 Å². The number of amides is 2. The van der Waals surface area contributed by atoms with Crippen molar-refractivity contribution in [2.45, 2.75) is 16.6 Å². The SMILES string of the molecule is O=C(CC1Sc2ccccc2NC1=O)Nc1cccnc1-n1cncn1. The highest BCUT2D eigenvalue weighted by molar-refractivity contribution is 8.01. The smallest absolute Gasteiger partial charge is 0.238 e. The molecule has 0 saturated heterocycles. The lowest BCUT2D eigenvalue weighted by atomic mass is 10.2. The number of benzene rings is 1. The summed E-state index contributed by atoms with van der Waals surface area (Å²) < 4.78 is 1.47. The Kier molecular flexibility index (Phi) is 4.36. The van der Waals surface area contributed by atoms with Crippen molar-refractivity contribution in [2.75, 3.05) is 10.6 Å². The fourth-order valence-corrected chi connectivity index (χ4v) is 3.70. The number of hydrogen-bond acceptors (Lipinski definition) is 6. The van der Waals surface area contributed by atoms with Crippen LogP contribution in [-0.2, 0) is 9.59 Å². The van der Waals surface area contributed by atoms with Gasteiger partial charge in [-0.2, -0.15) is 5.10 Å². The van der Waals surface area contributed by atoms with E-state index in [1.165, 1.54) is 29.1 Å². The fourth-order valence-electron chi connectivity index (χ4n) is 2.59. The highest BCUT2D eigenvalue weighted by atomic mass is 32.2. The number of pyridine rings is 1. The van der Waals surface area contributed by atoms with E-state index >= 15 is 0 Å². The zero-order valence-corrected chi connectivity index (χ0v) is 14.3. The number of carbonyl (C=O) groups is 2. The van der Waals surface area contributed by atoms with E-state index in [2.05, 4.69) is 25.7 Å². The second-order valence-corrected chi connectivity index (χ2v) is 6.80. The molecule has 0 aliphatic carbocycles. The van der Waals surface area contributed by atoms with Gasteiger partial charge in [0.25, 0.3) is 0 Å². The van der Waals surface area contributed by atoms with Gasteiger partial charge >= 0.3 is 0 Å². The molecular weight excluding hydrogens is 352 g/mol. The average molecular weight is 366 g/mol. The molecule has 1 aromatic carbocycles. The Morgan fingerprint density at radius 1 is 1.27 bits per heavy atom. The normalized spacial score (nSPS) is 15.8. The quantitative estimate of drug-likeness (QED) is 0.733. The van der Waals surface area contributed by atoms with Crippen molar-refractivity contribution >= 4 is 35.0 Å².